The zero-order valence-electron chi connectivity index (χ0n) is 10.3. The van der Waals surface area contributed by atoms with Gasteiger partial charge in [-0.15, -0.1) is 0 Å². The van der Waals surface area contributed by atoms with Crippen molar-refractivity contribution in [1.82, 2.24) is 0 Å². The molecule has 0 fully saturated rings. The standard InChI is InChI=1S/C13H17FN2S/c1-8(2)12-7-15-13(17-12)16-11-6-9(3)4-5-10(11)14/h4-6,8,12H,7H2,1-3H3,(H,15,16). The number of aliphatic imine (C=N–C) groups is 1. The van der Waals surface area contributed by atoms with Crippen molar-refractivity contribution in [3.05, 3.63) is 29.6 Å². The second-order valence-electron chi connectivity index (χ2n) is 4.65. The smallest absolute Gasteiger partial charge is 0.161 e. The average molecular weight is 252 g/mol. The van der Waals surface area contributed by atoms with Crippen molar-refractivity contribution < 1.29 is 4.39 Å². The summed E-state index contributed by atoms with van der Waals surface area (Å²) in [7, 11) is 0. The van der Waals surface area contributed by atoms with E-state index in [0.29, 0.717) is 16.9 Å². The van der Waals surface area contributed by atoms with Crippen molar-refractivity contribution in [2.75, 3.05) is 11.9 Å². The minimum atomic E-state index is -0.230. The minimum absolute atomic E-state index is 0.230. The lowest BCUT2D eigenvalue weighted by Crippen LogP contribution is -2.13. The van der Waals surface area contributed by atoms with Crippen LogP contribution in [0.5, 0.6) is 0 Å². The molecule has 1 atom stereocenters. The summed E-state index contributed by atoms with van der Waals surface area (Å²) in [6.07, 6.45) is 0. The number of aryl methyl sites for hydroxylation is 1. The first-order valence-electron chi connectivity index (χ1n) is 5.80. The SMILES string of the molecule is Cc1ccc(F)c(NC2=NCC(C(C)C)S2)c1. The largest absolute Gasteiger partial charge is 0.333 e. The molecular weight excluding hydrogens is 235 g/mol. The van der Waals surface area contributed by atoms with Crippen molar-refractivity contribution in [3.63, 3.8) is 0 Å². The molecule has 1 aliphatic heterocycles. The molecule has 1 aromatic rings. The minimum Gasteiger partial charge on any atom is -0.333 e. The maximum Gasteiger partial charge on any atom is 0.161 e. The summed E-state index contributed by atoms with van der Waals surface area (Å²) in [5.41, 5.74) is 1.55. The highest BCUT2D eigenvalue weighted by Crippen LogP contribution is 2.28. The van der Waals surface area contributed by atoms with Crippen molar-refractivity contribution >= 4 is 22.6 Å². The number of hydrogen-bond acceptors (Lipinski definition) is 3. The van der Waals surface area contributed by atoms with Crippen LogP contribution in [0.15, 0.2) is 23.2 Å². The molecule has 0 aliphatic carbocycles. The van der Waals surface area contributed by atoms with Crippen LogP contribution in [0.3, 0.4) is 0 Å². The number of nitrogens with zero attached hydrogens (tertiary/aromatic N) is 1. The fourth-order valence-corrected chi connectivity index (χ4v) is 2.68. The van der Waals surface area contributed by atoms with Crippen LogP contribution >= 0.6 is 11.8 Å². The lowest BCUT2D eigenvalue weighted by atomic mass is 10.1. The zero-order chi connectivity index (χ0) is 12.4. The van der Waals surface area contributed by atoms with Gasteiger partial charge in [0.25, 0.3) is 0 Å². The highest BCUT2D eigenvalue weighted by molar-refractivity contribution is 8.15. The Balaban J connectivity index is 2.05. The van der Waals surface area contributed by atoms with Gasteiger partial charge in [0.1, 0.15) is 5.82 Å². The van der Waals surface area contributed by atoms with E-state index in [1.54, 1.807) is 23.9 Å². The van der Waals surface area contributed by atoms with Gasteiger partial charge in [-0.05, 0) is 30.5 Å². The molecule has 2 rings (SSSR count). The van der Waals surface area contributed by atoms with Gasteiger partial charge in [-0.25, -0.2) is 4.39 Å². The van der Waals surface area contributed by atoms with E-state index < -0.39 is 0 Å². The van der Waals surface area contributed by atoms with Crippen LogP contribution < -0.4 is 5.32 Å². The molecule has 0 saturated carbocycles. The molecule has 92 valence electrons. The molecule has 1 heterocycles. The lowest BCUT2D eigenvalue weighted by Gasteiger charge is -2.12. The van der Waals surface area contributed by atoms with Crippen LogP contribution in [0.1, 0.15) is 19.4 Å². The number of rotatable bonds is 2. The Hall–Kier alpha value is -1.03. The quantitative estimate of drug-likeness (QED) is 0.868. The first-order valence-corrected chi connectivity index (χ1v) is 6.68. The third kappa shape index (κ3) is 3.00. The summed E-state index contributed by atoms with van der Waals surface area (Å²) in [5.74, 6) is 0.359. The molecule has 0 bridgehead atoms. The van der Waals surface area contributed by atoms with Gasteiger partial charge in [-0.1, -0.05) is 31.7 Å². The molecule has 0 amide bonds. The van der Waals surface area contributed by atoms with Gasteiger partial charge >= 0.3 is 0 Å². The highest BCUT2D eigenvalue weighted by Gasteiger charge is 2.22. The number of thioether (sulfide) groups is 1. The Bertz CT molecular complexity index is 443. The topological polar surface area (TPSA) is 24.4 Å². The summed E-state index contributed by atoms with van der Waals surface area (Å²) in [6, 6.07) is 5.06. The molecule has 1 N–H and O–H groups in total. The van der Waals surface area contributed by atoms with Crippen molar-refractivity contribution in [2.45, 2.75) is 26.0 Å². The Morgan fingerprint density at radius 2 is 2.24 bits per heavy atom. The van der Waals surface area contributed by atoms with Gasteiger partial charge in [0.2, 0.25) is 0 Å². The number of hydrogen-bond donors (Lipinski definition) is 1. The molecular formula is C13H17FN2S. The van der Waals surface area contributed by atoms with E-state index in [9.17, 15) is 4.39 Å². The van der Waals surface area contributed by atoms with Gasteiger partial charge in [-0.3, -0.25) is 4.99 Å². The molecule has 1 aromatic carbocycles. The third-order valence-corrected chi connectivity index (χ3v) is 4.24. The Morgan fingerprint density at radius 1 is 1.47 bits per heavy atom. The number of nitrogens with one attached hydrogen (secondary N) is 1. The van der Waals surface area contributed by atoms with Crippen LogP contribution in [0, 0.1) is 18.7 Å². The van der Waals surface area contributed by atoms with Gasteiger partial charge < -0.3 is 5.32 Å². The molecule has 0 aromatic heterocycles. The van der Waals surface area contributed by atoms with E-state index in [0.717, 1.165) is 17.3 Å². The lowest BCUT2D eigenvalue weighted by molar-refractivity contribution is 0.621. The number of anilines is 1. The number of amidine groups is 1. The number of halogens is 1. The van der Waals surface area contributed by atoms with Gasteiger partial charge in [0, 0.05) is 5.25 Å². The summed E-state index contributed by atoms with van der Waals surface area (Å²) >= 11 is 1.70. The maximum absolute atomic E-state index is 13.6. The monoisotopic (exact) mass is 252 g/mol. The van der Waals surface area contributed by atoms with Crippen molar-refractivity contribution in [3.8, 4) is 0 Å². The van der Waals surface area contributed by atoms with E-state index >= 15 is 0 Å². The fraction of sp³-hybridized carbons (Fsp3) is 0.462. The molecule has 1 unspecified atom stereocenters. The highest BCUT2D eigenvalue weighted by atomic mass is 32.2. The molecule has 0 radical (unpaired) electrons. The van der Waals surface area contributed by atoms with Gasteiger partial charge in [0.15, 0.2) is 5.17 Å². The van der Waals surface area contributed by atoms with Crippen LogP contribution in [-0.4, -0.2) is 17.0 Å². The van der Waals surface area contributed by atoms with Crippen molar-refractivity contribution in [1.29, 1.82) is 0 Å². The Morgan fingerprint density at radius 3 is 2.88 bits per heavy atom. The maximum atomic E-state index is 13.6. The van der Waals surface area contributed by atoms with E-state index in [2.05, 4.69) is 24.2 Å². The predicted molar refractivity (Wildman–Crippen MR) is 73.3 cm³/mol. The molecule has 0 spiro atoms. The van der Waals surface area contributed by atoms with Crippen LogP contribution in [0.4, 0.5) is 10.1 Å². The van der Waals surface area contributed by atoms with E-state index in [4.69, 9.17) is 0 Å². The summed E-state index contributed by atoms with van der Waals surface area (Å²) in [4.78, 5) is 4.41. The van der Waals surface area contributed by atoms with Crippen LogP contribution in [-0.2, 0) is 0 Å². The summed E-state index contributed by atoms with van der Waals surface area (Å²) in [6.45, 7) is 7.13. The Kier molecular flexibility index (Phi) is 3.72. The second-order valence-corrected chi connectivity index (χ2v) is 5.88. The first kappa shape index (κ1) is 12.4. The summed E-state index contributed by atoms with van der Waals surface area (Å²) < 4.78 is 13.6. The second kappa shape index (κ2) is 5.08. The Labute approximate surface area is 106 Å². The van der Waals surface area contributed by atoms with Gasteiger partial charge in [-0.2, -0.15) is 0 Å². The molecule has 4 heteroatoms. The molecule has 17 heavy (non-hydrogen) atoms. The van der Waals surface area contributed by atoms with E-state index in [1.807, 2.05) is 6.92 Å². The third-order valence-electron chi connectivity index (χ3n) is 2.78. The normalized spacial score (nSPS) is 19.6. The predicted octanol–water partition coefficient (Wildman–Crippen LogP) is 3.67. The average Bonchev–Trinajstić information content (AvgIpc) is 2.72. The van der Waals surface area contributed by atoms with Crippen molar-refractivity contribution in [2.24, 2.45) is 10.9 Å². The fourth-order valence-electron chi connectivity index (χ4n) is 1.66. The van der Waals surface area contributed by atoms with Crippen LogP contribution in [0.25, 0.3) is 0 Å². The molecule has 0 saturated heterocycles. The number of benzene rings is 1. The molecule has 2 nitrogen and oxygen atoms in total. The first-order chi connectivity index (χ1) is 8.06. The molecule has 1 aliphatic rings. The van der Waals surface area contributed by atoms with Crippen LogP contribution in [0.2, 0.25) is 0 Å². The summed E-state index contributed by atoms with van der Waals surface area (Å²) in [5, 5.41) is 4.40. The zero-order valence-corrected chi connectivity index (χ0v) is 11.1. The van der Waals surface area contributed by atoms with Gasteiger partial charge in [0.05, 0.1) is 12.2 Å². The van der Waals surface area contributed by atoms with E-state index in [1.165, 1.54) is 6.07 Å². The van der Waals surface area contributed by atoms with E-state index in [-0.39, 0.29) is 5.82 Å².